The second-order valence-corrected chi connectivity index (χ2v) is 4.66. The highest BCUT2D eigenvalue weighted by Gasteiger charge is 2.18. The Morgan fingerprint density at radius 3 is 2.29 bits per heavy atom. The molecule has 0 radical (unpaired) electrons. The highest BCUT2D eigenvalue weighted by molar-refractivity contribution is 7.99. The summed E-state index contributed by atoms with van der Waals surface area (Å²) in [5.41, 5.74) is 0. The first-order valence-electron chi connectivity index (χ1n) is 4.23. The Kier molecular flexibility index (Phi) is 6.31. The second kappa shape index (κ2) is 6.67. The molecule has 0 saturated carbocycles. The first kappa shape index (κ1) is 13.2. The number of rotatable bonds is 7. The minimum atomic E-state index is -1.05. The van der Waals surface area contributed by atoms with Crippen molar-refractivity contribution in [2.24, 2.45) is 0 Å². The quantitative estimate of drug-likeness (QED) is 0.571. The summed E-state index contributed by atoms with van der Waals surface area (Å²) in [4.78, 5) is 20.9. The van der Waals surface area contributed by atoms with Crippen molar-refractivity contribution >= 4 is 23.7 Å². The van der Waals surface area contributed by atoms with Gasteiger partial charge in [0.1, 0.15) is 6.04 Å². The Labute approximate surface area is 86.9 Å². The van der Waals surface area contributed by atoms with Crippen LogP contribution < -0.4 is 5.32 Å². The molecular formula is C8H15NO4S. The summed E-state index contributed by atoms with van der Waals surface area (Å²) in [6.07, 6.45) is 0. The molecule has 0 bridgehead atoms. The van der Waals surface area contributed by atoms with E-state index < -0.39 is 18.0 Å². The highest BCUT2D eigenvalue weighted by atomic mass is 32.2. The van der Waals surface area contributed by atoms with Crippen LogP contribution in [0.25, 0.3) is 0 Å². The smallest absolute Gasteiger partial charge is 0.321 e. The number of carboxylic acids is 2. The molecule has 14 heavy (non-hydrogen) atoms. The molecule has 0 heterocycles. The highest BCUT2D eigenvalue weighted by Crippen LogP contribution is 2.10. The Bertz CT molecular complexity index is 208. The number of aliphatic carboxylic acids is 2. The molecule has 0 fully saturated rings. The molecule has 0 amide bonds. The average molecular weight is 221 g/mol. The largest absolute Gasteiger partial charge is 0.480 e. The number of nitrogens with one attached hydrogen (secondary N) is 1. The molecule has 0 rings (SSSR count). The summed E-state index contributed by atoms with van der Waals surface area (Å²) in [5.74, 6) is -1.69. The van der Waals surface area contributed by atoms with Gasteiger partial charge in [-0.3, -0.25) is 14.9 Å². The van der Waals surface area contributed by atoms with Crippen LogP contribution in [-0.4, -0.2) is 45.7 Å². The molecule has 1 atom stereocenters. The molecule has 82 valence electrons. The van der Waals surface area contributed by atoms with Gasteiger partial charge in [0, 0.05) is 5.75 Å². The van der Waals surface area contributed by atoms with Gasteiger partial charge in [-0.05, 0) is 5.25 Å². The average Bonchev–Trinajstić information content (AvgIpc) is 2.02. The van der Waals surface area contributed by atoms with E-state index in [0.717, 1.165) is 0 Å². The van der Waals surface area contributed by atoms with Crippen LogP contribution in [0, 0.1) is 0 Å². The maximum absolute atomic E-state index is 10.7. The fourth-order valence-electron chi connectivity index (χ4n) is 0.717. The van der Waals surface area contributed by atoms with Gasteiger partial charge in [0.05, 0.1) is 6.54 Å². The predicted octanol–water partition coefficient (Wildman–Crippen LogP) is 0.255. The molecule has 5 nitrogen and oxygen atoms in total. The van der Waals surface area contributed by atoms with Crippen molar-refractivity contribution in [1.82, 2.24) is 5.32 Å². The molecule has 3 N–H and O–H groups in total. The van der Waals surface area contributed by atoms with E-state index >= 15 is 0 Å². The summed E-state index contributed by atoms with van der Waals surface area (Å²) < 4.78 is 0. The summed E-state index contributed by atoms with van der Waals surface area (Å²) in [6, 6.07) is -0.793. The third-order valence-corrected chi connectivity index (χ3v) is 2.59. The molecule has 6 heteroatoms. The summed E-state index contributed by atoms with van der Waals surface area (Å²) in [6.45, 7) is 3.59. The van der Waals surface area contributed by atoms with E-state index in [1.54, 1.807) is 0 Å². The fourth-order valence-corrected chi connectivity index (χ4v) is 1.55. The number of thioether (sulfide) groups is 1. The minimum Gasteiger partial charge on any atom is -0.480 e. The van der Waals surface area contributed by atoms with E-state index in [-0.39, 0.29) is 6.54 Å². The summed E-state index contributed by atoms with van der Waals surface area (Å²) >= 11 is 1.48. The van der Waals surface area contributed by atoms with Crippen LogP contribution in [0.5, 0.6) is 0 Å². The van der Waals surface area contributed by atoms with Gasteiger partial charge in [-0.15, -0.1) is 0 Å². The van der Waals surface area contributed by atoms with Crippen molar-refractivity contribution in [3.63, 3.8) is 0 Å². The van der Waals surface area contributed by atoms with Crippen molar-refractivity contribution < 1.29 is 19.8 Å². The zero-order chi connectivity index (χ0) is 11.1. The van der Waals surface area contributed by atoms with E-state index in [9.17, 15) is 9.59 Å². The Morgan fingerprint density at radius 1 is 1.36 bits per heavy atom. The van der Waals surface area contributed by atoms with Crippen molar-refractivity contribution in [3.8, 4) is 0 Å². The van der Waals surface area contributed by atoms with Gasteiger partial charge >= 0.3 is 11.9 Å². The lowest BCUT2D eigenvalue weighted by atomic mass is 10.3. The number of carboxylic acid groups (broad SMARTS) is 2. The van der Waals surface area contributed by atoms with Crippen LogP contribution >= 0.6 is 11.8 Å². The maximum atomic E-state index is 10.7. The van der Waals surface area contributed by atoms with E-state index in [2.05, 4.69) is 5.32 Å². The molecule has 0 aromatic heterocycles. The van der Waals surface area contributed by atoms with Gasteiger partial charge in [0.2, 0.25) is 0 Å². The fraction of sp³-hybridized carbons (Fsp3) is 0.750. The molecule has 0 aliphatic carbocycles. The molecular weight excluding hydrogens is 206 g/mol. The topological polar surface area (TPSA) is 86.6 Å². The van der Waals surface area contributed by atoms with Gasteiger partial charge in [-0.1, -0.05) is 13.8 Å². The van der Waals surface area contributed by atoms with Gasteiger partial charge < -0.3 is 10.2 Å². The van der Waals surface area contributed by atoms with Crippen LogP contribution in [0.4, 0.5) is 0 Å². The Morgan fingerprint density at radius 2 is 1.93 bits per heavy atom. The lowest BCUT2D eigenvalue weighted by Crippen LogP contribution is -2.41. The van der Waals surface area contributed by atoms with E-state index in [4.69, 9.17) is 10.2 Å². The van der Waals surface area contributed by atoms with Crippen molar-refractivity contribution in [2.45, 2.75) is 25.1 Å². The maximum Gasteiger partial charge on any atom is 0.321 e. The van der Waals surface area contributed by atoms with Crippen LogP contribution in [0.2, 0.25) is 0 Å². The minimum absolute atomic E-state index is 0.324. The molecule has 0 aliphatic rings. The molecule has 0 saturated heterocycles. The van der Waals surface area contributed by atoms with Gasteiger partial charge in [0.15, 0.2) is 0 Å². The lowest BCUT2D eigenvalue weighted by molar-refractivity contribution is -0.139. The van der Waals surface area contributed by atoms with E-state index in [1.807, 2.05) is 13.8 Å². The Hall–Kier alpha value is -0.750. The zero-order valence-electron chi connectivity index (χ0n) is 8.19. The molecule has 0 unspecified atom stereocenters. The predicted molar refractivity (Wildman–Crippen MR) is 54.7 cm³/mol. The third-order valence-electron chi connectivity index (χ3n) is 1.39. The van der Waals surface area contributed by atoms with Gasteiger partial charge in [-0.25, -0.2) is 0 Å². The van der Waals surface area contributed by atoms with Crippen molar-refractivity contribution in [3.05, 3.63) is 0 Å². The third kappa shape index (κ3) is 6.73. The lowest BCUT2D eigenvalue weighted by Gasteiger charge is -2.13. The van der Waals surface area contributed by atoms with Crippen LogP contribution in [0.3, 0.4) is 0 Å². The summed E-state index contributed by atoms with van der Waals surface area (Å²) in [5, 5.41) is 19.9. The van der Waals surface area contributed by atoms with Gasteiger partial charge in [-0.2, -0.15) is 11.8 Å². The monoisotopic (exact) mass is 221 g/mol. The first-order valence-corrected chi connectivity index (χ1v) is 5.28. The normalized spacial score (nSPS) is 12.8. The summed E-state index contributed by atoms with van der Waals surface area (Å²) in [7, 11) is 0. The van der Waals surface area contributed by atoms with Crippen LogP contribution in [0.1, 0.15) is 13.8 Å². The molecule has 0 aromatic rings. The Balaban J connectivity index is 3.90. The van der Waals surface area contributed by atoms with Gasteiger partial charge in [0.25, 0.3) is 0 Å². The molecule has 0 aromatic carbocycles. The molecule has 0 spiro atoms. The second-order valence-electron chi connectivity index (χ2n) is 3.05. The van der Waals surface area contributed by atoms with E-state index in [1.165, 1.54) is 11.8 Å². The number of hydrogen-bond donors (Lipinski definition) is 3. The standard InChI is InChI=1S/C8H15NO4S/c1-5(2)14-4-6(8(12)13)9-3-7(10)11/h5-6,9H,3-4H2,1-2H3,(H,10,11)(H,12,13)/t6-/m0/s1. The molecule has 0 aliphatic heterocycles. The van der Waals surface area contributed by atoms with Crippen LogP contribution in [0.15, 0.2) is 0 Å². The first-order chi connectivity index (χ1) is 6.43. The van der Waals surface area contributed by atoms with Crippen molar-refractivity contribution in [1.29, 1.82) is 0 Å². The van der Waals surface area contributed by atoms with E-state index in [0.29, 0.717) is 11.0 Å². The number of hydrogen-bond acceptors (Lipinski definition) is 4. The SMILES string of the molecule is CC(C)SC[C@H](NCC(=O)O)C(=O)O. The number of carbonyl (C=O) groups is 2. The zero-order valence-corrected chi connectivity index (χ0v) is 9.00. The van der Waals surface area contributed by atoms with Crippen molar-refractivity contribution in [2.75, 3.05) is 12.3 Å². The van der Waals surface area contributed by atoms with Crippen LogP contribution in [-0.2, 0) is 9.59 Å².